The average molecular weight is 458 g/mol. The maximum absolute atomic E-state index is 12.9. The van der Waals surface area contributed by atoms with Crippen LogP contribution in [0.15, 0.2) is 59.5 Å². The van der Waals surface area contributed by atoms with Crippen LogP contribution in [0.4, 0.5) is 0 Å². The summed E-state index contributed by atoms with van der Waals surface area (Å²) in [5, 5.41) is 3.02. The molecule has 2 saturated heterocycles. The van der Waals surface area contributed by atoms with E-state index in [1.165, 1.54) is 9.87 Å². The zero-order valence-corrected chi connectivity index (χ0v) is 19.1. The smallest absolute Gasteiger partial charge is 0.243 e. The Balaban J connectivity index is 1.32. The van der Waals surface area contributed by atoms with Gasteiger partial charge in [-0.2, -0.15) is 4.31 Å². The SMILES string of the molecule is O=C(NCc1cccc(CN2CCOCC2)c1)C1CCCN(S(=O)(=O)c2ccccc2)C1. The van der Waals surface area contributed by atoms with Crippen molar-refractivity contribution in [3.05, 3.63) is 65.7 Å². The van der Waals surface area contributed by atoms with Crippen LogP contribution in [0.5, 0.6) is 0 Å². The highest BCUT2D eigenvalue weighted by Gasteiger charge is 2.33. The Labute approximate surface area is 190 Å². The first-order valence-corrected chi connectivity index (χ1v) is 12.7. The summed E-state index contributed by atoms with van der Waals surface area (Å²) >= 11 is 0. The number of rotatable bonds is 7. The number of nitrogens with one attached hydrogen (secondary N) is 1. The van der Waals surface area contributed by atoms with E-state index in [9.17, 15) is 13.2 Å². The average Bonchev–Trinajstić information content (AvgIpc) is 2.84. The molecule has 1 unspecified atom stereocenters. The van der Waals surface area contributed by atoms with Crippen LogP contribution in [0, 0.1) is 5.92 Å². The quantitative estimate of drug-likeness (QED) is 0.690. The molecule has 0 bridgehead atoms. The fraction of sp³-hybridized carbons (Fsp3) is 0.458. The molecule has 4 rings (SSSR count). The first-order chi connectivity index (χ1) is 15.5. The number of morpholine rings is 1. The summed E-state index contributed by atoms with van der Waals surface area (Å²) in [6, 6.07) is 16.7. The van der Waals surface area contributed by atoms with Crippen molar-refractivity contribution in [1.29, 1.82) is 0 Å². The molecule has 1 N–H and O–H groups in total. The minimum atomic E-state index is -3.58. The summed E-state index contributed by atoms with van der Waals surface area (Å²) in [4.78, 5) is 15.5. The van der Waals surface area contributed by atoms with Crippen LogP contribution < -0.4 is 5.32 Å². The fourth-order valence-electron chi connectivity index (χ4n) is 4.31. The molecule has 2 aromatic carbocycles. The molecular formula is C24H31N3O4S. The summed E-state index contributed by atoms with van der Waals surface area (Å²) in [6.45, 7) is 5.40. The van der Waals surface area contributed by atoms with Gasteiger partial charge in [-0.3, -0.25) is 9.69 Å². The van der Waals surface area contributed by atoms with Crippen molar-refractivity contribution < 1.29 is 17.9 Å². The Morgan fingerprint density at radius 1 is 1.00 bits per heavy atom. The molecule has 0 aliphatic carbocycles. The molecule has 2 aliphatic heterocycles. The minimum Gasteiger partial charge on any atom is -0.379 e. The second-order valence-corrected chi connectivity index (χ2v) is 10.4. The number of hydrogen-bond acceptors (Lipinski definition) is 5. The van der Waals surface area contributed by atoms with Gasteiger partial charge in [0.05, 0.1) is 24.0 Å². The van der Waals surface area contributed by atoms with Gasteiger partial charge < -0.3 is 10.1 Å². The molecule has 7 nitrogen and oxygen atoms in total. The van der Waals surface area contributed by atoms with Gasteiger partial charge in [0.1, 0.15) is 0 Å². The van der Waals surface area contributed by atoms with E-state index in [1.807, 2.05) is 12.1 Å². The van der Waals surface area contributed by atoms with Gasteiger partial charge in [-0.15, -0.1) is 0 Å². The Morgan fingerprint density at radius 2 is 1.75 bits per heavy atom. The van der Waals surface area contributed by atoms with E-state index in [-0.39, 0.29) is 23.3 Å². The third-order valence-corrected chi connectivity index (χ3v) is 7.98. The third-order valence-electron chi connectivity index (χ3n) is 6.10. The molecule has 2 heterocycles. The standard InChI is InChI=1S/C24H31N3O4S/c28-24(22-8-5-11-27(19-22)32(29,30)23-9-2-1-3-10-23)25-17-20-6-4-7-21(16-20)18-26-12-14-31-15-13-26/h1-4,6-7,9-10,16,22H,5,8,11-15,17-19H2,(H,25,28). The Kier molecular flexibility index (Phi) is 7.57. The molecule has 0 saturated carbocycles. The van der Waals surface area contributed by atoms with Crippen LogP contribution in [0.1, 0.15) is 24.0 Å². The largest absolute Gasteiger partial charge is 0.379 e. The summed E-state index contributed by atoms with van der Waals surface area (Å²) in [5.41, 5.74) is 2.27. The first-order valence-electron chi connectivity index (χ1n) is 11.2. The zero-order valence-electron chi connectivity index (χ0n) is 18.3. The number of piperidine rings is 1. The highest BCUT2D eigenvalue weighted by atomic mass is 32.2. The number of carbonyl (C=O) groups excluding carboxylic acids is 1. The maximum atomic E-state index is 12.9. The van der Waals surface area contributed by atoms with Crippen LogP contribution in [0.3, 0.4) is 0 Å². The first kappa shape index (κ1) is 22.9. The molecule has 0 aromatic heterocycles. The monoisotopic (exact) mass is 457 g/mol. The van der Waals surface area contributed by atoms with Gasteiger partial charge in [-0.25, -0.2) is 8.42 Å². The molecule has 2 aromatic rings. The number of ether oxygens (including phenoxy) is 1. The lowest BCUT2D eigenvalue weighted by Crippen LogP contribution is -2.45. The predicted molar refractivity (Wildman–Crippen MR) is 122 cm³/mol. The zero-order chi connectivity index (χ0) is 22.4. The molecule has 0 radical (unpaired) electrons. The van der Waals surface area contributed by atoms with Crippen molar-refractivity contribution in [2.45, 2.75) is 30.8 Å². The molecule has 0 spiro atoms. The van der Waals surface area contributed by atoms with Crippen LogP contribution in [-0.4, -0.2) is 62.9 Å². The second kappa shape index (κ2) is 10.6. The highest BCUT2D eigenvalue weighted by molar-refractivity contribution is 7.89. The lowest BCUT2D eigenvalue weighted by Gasteiger charge is -2.31. The predicted octanol–water partition coefficient (Wildman–Crippen LogP) is 2.24. The van der Waals surface area contributed by atoms with E-state index >= 15 is 0 Å². The molecule has 1 atom stereocenters. The van der Waals surface area contributed by atoms with E-state index < -0.39 is 10.0 Å². The van der Waals surface area contributed by atoms with E-state index in [1.54, 1.807) is 30.3 Å². The number of hydrogen-bond donors (Lipinski definition) is 1. The van der Waals surface area contributed by atoms with Crippen molar-refractivity contribution in [3.8, 4) is 0 Å². The fourth-order valence-corrected chi connectivity index (χ4v) is 5.85. The minimum absolute atomic E-state index is 0.0865. The molecule has 172 valence electrons. The van der Waals surface area contributed by atoms with Crippen LogP contribution >= 0.6 is 0 Å². The van der Waals surface area contributed by atoms with E-state index in [0.717, 1.165) is 38.4 Å². The van der Waals surface area contributed by atoms with Gasteiger partial charge in [-0.1, -0.05) is 42.5 Å². The number of carbonyl (C=O) groups is 1. The van der Waals surface area contributed by atoms with Gasteiger partial charge in [0.2, 0.25) is 15.9 Å². The van der Waals surface area contributed by atoms with E-state index in [0.29, 0.717) is 25.9 Å². The van der Waals surface area contributed by atoms with Crippen molar-refractivity contribution in [2.24, 2.45) is 5.92 Å². The topological polar surface area (TPSA) is 79.0 Å². The molecule has 8 heteroatoms. The van der Waals surface area contributed by atoms with Gasteiger partial charge in [0.25, 0.3) is 0 Å². The van der Waals surface area contributed by atoms with Crippen LogP contribution in [0.2, 0.25) is 0 Å². The number of sulfonamides is 1. The number of nitrogens with zero attached hydrogens (tertiary/aromatic N) is 2. The van der Waals surface area contributed by atoms with Gasteiger partial charge in [0.15, 0.2) is 0 Å². The Morgan fingerprint density at radius 3 is 2.53 bits per heavy atom. The lowest BCUT2D eigenvalue weighted by atomic mass is 9.98. The van der Waals surface area contributed by atoms with Crippen LogP contribution in [-0.2, 0) is 32.6 Å². The van der Waals surface area contributed by atoms with Gasteiger partial charge in [-0.05, 0) is 36.1 Å². The second-order valence-electron chi connectivity index (χ2n) is 8.44. The normalized spacial score (nSPS) is 20.7. The Bertz CT molecular complexity index is 1010. The molecular weight excluding hydrogens is 426 g/mol. The van der Waals surface area contributed by atoms with E-state index in [2.05, 4.69) is 22.3 Å². The molecule has 2 aliphatic rings. The summed E-state index contributed by atoms with van der Waals surface area (Å²) < 4.78 is 32.7. The lowest BCUT2D eigenvalue weighted by molar-refractivity contribution is -0.126. The summed E-state index contributed by atoms with van der Waals surface area (Å²) in [7, 11) is -3.58. The van der Waals surface area contributed by atoms with Crippen molar-refractivity contribution in [2.75, 3.05) is 39.4 Å². The summed E-state index contributed by atoms with van der Waals surface area (Å²) in [5.74, 6) is -0.421. The van der Waals surface area contributed by atoms with E-state index in [4.69, 9.17) is 4.74 Å². The van der Waals surface area contributed by atoms with Gasteiger partial charge in [0, 0.05) is 39.3 Å². The highest BCUT2D eigenvalue weighted by Crippen LogP contribution is 2.24. The van der Waals surface area contributed by atoms with Crippen LogP contribution in [0.25, 0.3) is 0 Å². The van der Waals surface area contributed by atoms with Crippen molar-refractivity contribution in [1.82, 2.24) is 14.5 Å². The molecule has 32 heavy (non-hydrogen) atoms. The molecule has 2 fully saturated rings. The number of benzene rings is 2. The molecule has 1 amide bonds. The summed E-state index contributed by atoms with van der Waals surface area (Å²) in [6.07, 6.45) is 1.38. The number of amides is 1. The van der Waals surface area contributed by atoms with Gasteiger partial charge >= 0.3 is 0 Å². The Hall–Kier alpha value is -2.26. The van der Waals surface area contributed by atoms with Crippen molar-refractivity contribution in [3.63, 3.8) is 0 Å². The maximum Gasteiger partial charge on any atom is 0.243 e. The van der Waals surface area contributed by atoms with Crippen molar-refractivity contribution >= 4 is 15.9 Å². The third kappa shape index (κ3) is 5.75.